The Morgan fingerprint density at radius 3 is 2.30 bits per heavy atom. The van der Waals surface area contributed by atoms with Gasteiger partial charge in [0.05, 0.1) is 6.42 Å². The first kappa shape index (κ1) is 16.2. The minimum atomic E-state index is -1.06. The molecule has 0 aromatic heterocycles. The lowest BCUT2D eigenvalue weighted by molar-refractivity contribution is -0.153. The summed E-state index contributed by atoms with van der Waals surface area (Å²) in [6.07, 6.45) is 0.300. The lowest BCUT2D eigenvalue weighted by Gasteiger charge is -2.20. The van der Waals surface area contributed by atoms with E-state index in [-0.39, 0.29) is 18.8 Å². The first-order chi connectivity index (χ1) is 9.19. The lowest BCUT2D eigenvalue weighted by Crippen LogP contribution is -2.32. The van der Waals surface area contributed by atoms with Crippen LogP contribution in [0, 0.1) is 0 Å². The molecule has 0 aliphatic carbocycles. The monoisotopic (exact) mass is 279 g/mol. The van der Waals surface area contributed by atoms with Crippen molar-refractivity contribution in [1.29, 1.82) is 0 Å². The molecule has 0 aliphatic rings. The van der Waals surface area contributed by atoms with Gasteiger partial charge in [-0.05, 0) is 38.3 Å². The number of ether oxygens (including phenoxy) is 1. The highest BCUT2D eigenvalue weighted by Gasteiger charge is 2.19. The predicted molar refractivity (Wildman–Crippen MR) is 75.3 cm³/mol. The summed E-state index contributed by atoms with van der Waals surface area (Å²) in [5.74, 6) is -1.40. The standard InChI is InChI=1S/C15H21NO4/c1-15(2,3)20-13(17)9-11-7-5-4-6-10(11)8-12(16)14(18)19/h4-7,12H,8-9,16H2,1-3H3,(H,18,19)/t12-/m1/s1. The molecular formula is C15H21NO4. The first-order valence-corrected chi connectivity index (χ1v) is 6.46. The van der Waals surface area contributed by atoms with Gasteiger partial charge in [0.25, 0.3) is 0 Å². The van der Waals surface area contributed by atoms with Gasteiger partial charge in [-0.3, -0.25) is 9.59 Å². The number of rotatable bonds is 5. The summed E-state index contributed by atoms with van der Waals surface area (Å²) in [5, 5.41) is 8.85. The molecule has 5 nitrogen and oxygen atoms in total. The SMILES string of the molecule is CC(C)(C)OC(=O)Cc1ccccc1C[C@@H](N)C(=O)O. The number of benzene rings is 1. The third-order valence-corrected chi connectivity index (χ3v) is 2.63. The van der Waals surface area contributed by atoms with E-state index in [1.165, 1.54) is 0 Å². The molecule has 5 heteroatoms. The normalized spacial score (nSPS) is 12.8. The van der Waals surface area contributed by atoms with Gasteiger partial charge in [0.2, 0.25) is 0 Å². The molecule has 20 heavy (non-hydrogen) atoms. The molecule has 3 N–H and O–H groups in total. The van der Waals surface area contributed by atoms with Gasteiger partial charge in [-0.25, -0.2) is 0 Å². The van der Waals surface area contributed by atoms with Crippen LogP contribution in [-0.4, -0.2) is 28.7 Å². The molecule has 0 bridgehead atoms. The summed E-state index contributed by atoms with van der Waals surface area (Å²) in [4.78, 5) is 22.6. The molecule has 0 unspecified atom stereocenters. The highest BCUT2D eigenvalue weighted by Crippen LogP contribution is 2.15. The molecule has 0 heterocycles. The summed E-state index contributed by atoms with van der Waals surface area (Å²) in [7, 11) is 0. The average molecular weight is 279 g/mol. The van der Waals surface area contributed by atoms with Crippen LogP contribution in [0.25, 0.3) is 0 Å². The fraction of sp³-hybridized carbons (Fsp3) is 0.467. The number of carboxylic acid groups (broad SMARTS) is 1. The number of nitrogens with two attached hydrogens (primary N) is 1. The van der Waals surface area contributed by atoms with Gasteiger partial charge in [0, 0.05) is 0 Å². The van der Waals surface area contributed by atoms with E-state index in [0.717, 1.165) is 11.1 Å². The third kappa shape index (κ3) is 5.40. The molecule has 0 saturated carbocycles. The van der Waals surface area contributed by atoms with Crippen molar-refractivity contribution in [3.8, 4) is 0 Å². The molecule has 0 radical (unpaired) electrons. The van der Waals surface area contributed by atoms with Gasteiger partial charge in [-0.1, -0.05) is 24.3 Å². The molecule has 0 spiro atoms. The van der Waals surface area contributed by atoms with Crippen LogP contribution in [0.1, 0.15) is 31.9 Å². The Bertz CT molecular complexity index is 491. The first-order valence-electron chi connectivity index (χ1n) is 6.46. The quantitative estimate of drug-likeness (QED) is 0.798. The van der Waals surface area contributed by atoms with Crippen molar-refractivity contribution in [2.45, 2.75) is 45.3 Å². The van der Waals surface area contributed by atoms with Crippen LogP contribution < -0.4 is 5.73 Å². The summed E-state index contributed by atoms with van der Waals surface area (Å²) >= 11 is 0. The number of hydrogen-bond donors (Lipinski definition) is 2. The number of carbonyl (C=O) groups is 2. The van der Waals surface area contributed by atoms with Crippen LogP contribution in [0.3, 0.4) is 0 Å². The van der Waals surface area contributed by atoms with Crippen molar-refractivity contribution in [1.82, 2.24) is 0 Å². The molecule has 110 valence electrons. The Hall–Kier alpha value is -1.88. The zero-order chi connectivity index (χ0) is 15.3. The van der Waals surface area contributed by atoms with Gasteiger partial charge in [-0.15, -0.1) is 0 Å². The molecule has 0 aliphatic heterocycles. The minimum Gasteiger partial charge on any atom is -0.480 e. The van der Waals surface area contributed by atoms with E-state index in [1.54, 1.807) is 45.0 Å². The fourth-order valence-corrected chi connectivity index (χ4v) is 1.79. The Kier molecular flexibility index (Phi) is 5.27. The molecule has 1 atom stereocenters. The number of carboxylic acids is 1. The molecule has 0 saturated heterocycles. The van der Waals surface area contributed by atoms with Crippen molar-refractivity contribution >= 4 is 11.9 Å². The largest absolute Gasteiger partial charge is 0.480 e. The molecule has 1 rings (SSSR count). The van der Waals surface area contributed by atoms with E-state index in [2.05, 4.69) is 0 Å². The Morgan fingerprint density at radius 2 is 1.80 bits per heavy atom. The topological polar surface area (TPSA) is 89.6 Å². The molecule has 1 aromatic rings. The van der Waals surface area contributed by atoms with Crippen LogP contribution in [0.4, 0.5) is 0 Å². The van der Waals surface area contributed by atoms with Crippen LogP contribution >= 0.6 is 0 Å². The molecule has 0 fully saturated rings. The summed E-state index contributed by atoms with van der Waals surface area (Å²) in [6, 6.07) is 6.18. The van der Waals surface area contributed by atoms with Gasteiger partial charge >= 0.3 is 11.9 Å². The maximum Gasteiger partial charge on any atom is 0.320 e. The van der Waals surface area contributed by atoms with E-state index in [9.17, 15) is 9.59 Å². The second-order valence-corrected chi connectivity index (χ2v) is 5.68. The van der Waals surface area contributed by atoms with Gasteiger partial charge < -0.3 is 15.6 Å². The zero-order valence-electron chi connectivity index (χ0n) is 12.1. The lowest BCUT2D eigenvalue weighted by atomic mass is 9.98. The van der Waals surface area contributed by atoms with E-state index in [0.29, 0.717) is 0 Å². The van der Waals surface area contributed by atoms with Crippen molar-refractivity contribution in [3.63, 3.8) is 0 Å². The van der Waals surface area contributed by atoms with E-state index >= 15 is 0 Å². The van der Waals surface area contributed by atoms with Crippen LogP contribution in [-0.2, 0) is 27.2 Å². The molecule has 0 amide bonds. The van der Waals surface area contributed by atoms with Crippen molar-refractivity contribution in [2.75, 3.05) is 0 Å². The summed E-state index contributed by atoms with van der Waals surface area (Å²) in [6.45, 7) is 5.41. The molecule has 1 aromatic carbocycles. The number of esters is 1. The maximum absolute atomic E-state index is 11.8. The van der Waals surface area contributed by atoms with E-state index < -0.39 is 17.6 Å². The number of aliphatic carboxylic acids is 1. The van der Waals surface area contributed by atoms with Crippen molar-refractivity contribution < 1.29 is 19.4 Å². The van der Waals surface area contributed by atoms with E-state index in [4.69, 9.17) is 15.6 Å². The van der Waals surface area contributed by atoms with Gasteiger partial charge in [0.15, 0.2) is 0 Å². The maximum atomic E-state index is 11.8. The fourth-order valence-electron chi connectivity index (χ4n) is 1.79. The Balaban J connectivity index is 2.80. The number of hydrogen-bond acceptors (Lipinski definition) is 4. The van der Waals surface area contributed by atoms with Crippen LogP contribution in [0.15, 0.2) is 24.3 Å². The second-order valence-electron chi connectivity index (χ2n) is 5.68. The van der Waals surface area contributed by atoms with Crippen LogP contribution in [0.2, 0.25) is 0 Å². The summed E-state index contributed by atoms with van der Waals surface area (Å²) in [5.41, 5.74) is 6.50. The van der Waals surface area contributed by atoms with Gasteiger partial charge in [0.1, 0.15) is 11.6 Å². The second kappa shape index (κ2) is 6.52. The highest BCUT2D eigenvalue weighted by molar-refractivity contribution is 5.75. The smallest absolute Gasteiger partial charge is 0.320 e. The average Bonchev–Trinajstić information content (AvgIpc) is 2.28. The van der Waals surface area contributed by atoms with Crippen molar-refractivity contribution in [3.05, 3.63) is 35.4 Å². The molecular weight excluding hydrogens is 258 g/mol. The van der Waals surface area contributed by atoms with Crippen molar-refractivity contribution in [2.24, 2.45) is 5.73 Å². The van der Waals surface area contributed by atoms with E-state index in [1.807, 2.05) is 0 Å². The minimum absolute atomic E-state index is 0.111. The van der Waals surface area contributed by atoms with Gasteiger partial charge in [-0.2, -0.15) is 0 Å². The Labute approximate surface area is 118 Å². The summed E-state index contributed by atoms with van der Waals surface area (Å²) < 4.78 is 5.26. The third-order valence-electron chi connectivity index (χ3n) is 2.63. The Morgan fingerprint density at radius 1 is 1.25 bits per heavy atom. The predicted octanol–water partition coefficient (Wildman–Crippen LogP) is 1.53. The highest BCUT2D eigenvalue weighted by atomic mass is 16.6. The zero-order valence-corrected chi connectivity index (χ0v) is 12.1. The van der Waals surface area contributed by atoms with Crippen LogP contribution in [0.5, 0.6) is 0 Å². The number of carbonyl (C=O) groups excluding carboxylic acids is 1.